The number of pyridine rings is 1. The van der Waals surface area contributed by atoms with Crippen LogP contribution in [0.25, 0.3) is 0 Å². The number of aliphatic carboxylic acids is 1. The topological polar surface area (TPSA) is 124 Å². The second-order valence-electron chi connectivity index (χ2n) is 11.0. The van der Waals surface area contributed by atoms with E-state index in [0.29, 0.717) is 37.8 Å². The highest BCUT2D eigenvalue weighted by atomic mass is 16.4. The highest BCUT2D eigenvalue weighted by Crippen LogP contribution is 2.28. The Balaban J connectivity index is 1.07. The first-order valence-electron chi connectivity index (χ1n) is 14.6. The molecule has 2 unspecified atom stereocenters. The summed E-state index contributed by atoms with van der Waals surface area (Å²) < 4.78 is 0. The van der Waals surface area contributed by atoms with Crippen LogP contribution in [0.15, 0.2) is 30.6 Å². The van der Waals surface area contributed by atoms with E-state index < -0.39 is 12.0 Å². The third kappa shape index (κ3) is 7.73. The van der Waals surface area contributed by atoms with Crippen LogP contribution in [-0.4, -0.2) is 86.0 Å². The van der Waals surface area contributed by atoms with E-state index in [0.717, 1.165) is 63.3 Å². The van der Waals surface area contributed by atoms with Gasteiger partial charge in [-0.1, -0.05) is 6.07 Å². The van der Waals surface area contributed by atoms with Crippen LogP contribution in [0, 0.1) is 0 Å². The fourth-order valence-corrected chi connectivity index (χ4v) is 5.77. The normalized spacial score (nSPS) is 19.9. The first-order valence-corrected chi connectivity index (χ1v) is 14.6. The molecular weight excluding hydrogens is 494 g/mol. The molecule has 10 heteroatoms. The largest absolute Gasteiger partial charge is 0.480 e. The molecule has 1 aliphatic carbocycles. The van der Waals surface area contributed by atoms with Gasteiger partial charge in [0.25, 0.3) is 0 Å². The van der Waals surface area contributed by atoms with E-state index in [4.69, 9.17) is 4.98 Å². The second-order valence-corrected chi connectivity index (χ2v) is 11.0. The number of nitrogens with zero attached hydrogens (tertiary/aromatic N) is 5. The molecule has 2 aromatic rings. The molecule has 3 aliphatic rings. The maximum absolute atomic E-state index is 13.1. The molecule has 0 aromatic carbocycles. The van der Waals surface area contributed by atoms with Crippen molar-refractivity contribution in [1.29, 1.82) is 0 Å². The number of carbonyl (C=O) groups excluding carboxylic acids is 1. The van der Waals surface area contributed by atoms with Gasteiger partial charge in [-0.05, 0) is 95.0 Å². The zero-order valence-electron chi connectivity index (χ0n) is 22.7. The number of amides is 1. The minimum Gasteiger partial charge on any atom is -0.480 e. The van der Waals surface area contributed by atoms with Crippen LogP contribution >= 0.6 is 0 Å². The fraction of sp³-hybridized carbons (Fsp3) is 0.621. The summed E-state index contributed by atoms with van der Waals surface area (Å²) in [6, 6.07) is 5.44. The summed E-state index contributed by atoms with van der Waals surface area (Å²) in [5.74, 6) is 0.545. The second kappa shape index (κ2) is 13.3. The van der Waals surface area contributed by atoms with Gasteiger partial charge in [0.15, 0.2) is 0 Å². The molecule has 0 bridgehead atoms. The maximum atomic E-state index is 13.1. The van der Waals surface area contributed by atoms with E-state index in [1.54, 1.807) is 18.5 Å². The Kier molecular flexibility index (Phi) is 9.36. The number of fused-ring (bicyclic) bond motifs is 1. The molecule has 0 spiro atoms. The van der Waals surface area contributed by atoms with E-state index in [1.165, 1.54) is 24.8 Å². The number of carboxylic acid groups (broad SMARTS) is 1. The molecule has 2 aromatic heterocycles. The zero-order chi connectivity index (χ0) is 27.0. The van der Waals surface area contributed by atoms with Crippen LogP contribution in [0.1, 0.15) is 68.4 Å². The Bertz CT molecular complexity index is 1110. The van der Waals surface area contributed by atoms with Gasteiger partial charge in [-0.3, -0.25) is 9.69 Å². The van der Waals surface area contributed by atoms with Crippen molar-refractivity contribution < 1.29 is 14.7 Å². The molecule has 5 rings (SSSR count). The molecule has 210 valence electrons. The lowest BCUT2D eigenvalue weighted by Crippen LogP contribution is -2.50. The van der Waals surface area contributed by atoms with Gasteiger partial charge in [0, 0.05) is 37.2 Å². The van der Waals surface area contributed by atoms with Gasteiger partial charge in [0.1, 0.15) is 17.7 Å². The van der Waals surface area contributed by atoms with E-state index in [-0.39, 0.29) is 11.9 Å². The Labute approximate surface area is 230 Å². The molecule has 2 atom stereocenters. The molecule has 2 aliphatic heterocycles. The van der Waals surface area contributed by atoms with Crippen molar-refractivity contribution >= 4 is 17.7 Å². The SMILES string of the molecule is O=C(O)C(CCN(CCCCc1ccc2c(n1)NCCC2)C1CC1)NC(=O)C1CCCN1Cc1ncccn1. The van der Waals surface area contributed by atoms with E-state index in [9.17, 15) is 14.7 Å². The number of anilines is 1. The molecule has 39 heavy (non-hydrogen) atoms. The van der Waals surface area contributed by atoms with Crippen LogP contribution in [0.3, 0.4) is 0 Å². The van der Waals surface area contributed by atoms with Crippen molar-refractivity contribution in [2.45, 2.75) is 88.9 Å². The lowest BCUT2D eigenvalue weighted by atomic mass is 10.1. The van der Waals surface area contributed by atoms with Crippen molar-refractivity contribution in [3.63, 3.8) is 0 Å². The van der Waals surface area contributed by atoms with Crippen LogP contribution in [0.4, 0.5) is 5.82 Å². The highest BCUT2D eigenvalue weighted by molar-refractivity contribution is 5.87. The number of unbranched alkanes of at least 4 members (excludes halogenated alkanes) is 1. The van der Waals surface area contributed by atoms with Gasteiger partial charge in [0.2, 0.25) is 5.91 Å². The Morgan fingerprint density at radius 1 is 1.13 bits per heavy atom. The summed E-state index contributed by atoms with van der Waals surface area (Å²) in [7, 11) is 0. The molecule has 1 saturated carbocycles. The summed E-state index contributed by atoms with van der Waals surface area (Å²) >= 11 is 0. The van der Waals surface area contributed by atoms with Crippen LogP contribution in [0.5, 0.6) is 0 Å². The summed E-state index contributed by atoms with van der Waals surface area (Å²) in [6.07, 6.45) is 13.1. The third-order valence-corrected chi connectivity index (χ3v) is 8.09. The Hall–Kier alpha value is -3.11. The van der Waals surface area contributed by atoms with Crippen molar-refractivity contribution in [2.75, 3.05) is 31.5 Å². The Morgan fingerprint density at radius 2 is 1.97 bits per heavy atom. The van der Waals surface area contributed by atoms with Crippen molar-refractivity contribution in [1.82, 2.24) is 30.1 Å². The number of likely N-dealkylation sites (tertiary alicyclic amines) is 1. The average molecular weight is 536 g/mol. The lowest BCUT2D eigenvalue weighted by Gasteiger charge is -2.27. The predicted molar refractivity (Wildman–Crippen MR) is 148 cm³/mol. The number of rotatable bonds is 14. The first-order chi connectivity index (χ1) is 19.1. The van der Waals surface area contributed by atoms with Gasteiger partial charge in [-0.25, -0.2) is 19.7 Å². The van der Waals surface area contributed by atoms with Crippen LogP contribution in [-0.2, 0) is 29.0 Å². The minimum absolute atomic E-state index is 0.208. The first kappa shape index (κ1) is 27.5. The zero-order valence-corrected chi connectivity index (χ0v) is 22.7. The number of nitrogens with one attached hydrogen (secondary N) is 2. The minimum atomic E-state index is -0.970. The van der Waals surface area contributed by atoms with Gasteiger partial charge in [-0.2, -0.15) is 0 Å². The van der Waals surface area contributed by atoms with E-state index in [2.05, 4.69) is 37.6 Å². The molecule has 4 heterocycles. The fourth-order valence-electron chi connectivity index (χ4n) is 5.77. The van der Waals surface area contributed by atoms with Crippen LogP contribution in [0.2, 0.25) is 0 Å². The molecular formula is C29H41N7O3. The molecule has 1 saturated heterocycles. The number of aromatic nitrogens is 3. The number of hydrogen-bond donors (Lipinski definition) is 3. The third-order valence-electron chi connectivity index (χ3n) is 8.09. The van der Waals surface area contributed by atoms with E-state index >= 15 is 0 Å². The van der Waals surface area contributed by atoms with Gasteiger partial charge < -0.3 is 20.6 Å². The monoisotopic (exact) mass is 535 g/mol. The van der Waals surface area contributed by atoms with Gasteiger partial charge >= 0.3 is 5.97 Å². The summed E-state index contributed by atoms with van der Waals surface area (Å²) in [6.45, 7) is 3.89. The lowest BCUT2D eigenvalue weighted by molar-refractivity contribution is -0.142. The Morgan fingerprint density at radius 3 is 2.77 bits per heavy atom. The number of carbonyl (C=O) groups is 2. The molecule has 3 N–H and O–H groups in total. The van der Waals surface area contributed by atoms with E-state index in [1.807, 2.05) is 4.90 Å². The summed E-state index contributed by atoms with van der Waals surface area (Å²) in [4.78, 5) is 43.0. The van der Waals surface area contributed by atoms with Crippen molar-refractivity contribution in [3.8, 4) is 0 Å². The summed E-state index contributed by atoms with van der Waals surface area (Å²) in [5.41, 5.74) is 2.45. The van der Waals surface area contributed by atoms with Crippen molar-refractivity contribution in [2.24, 2.45) is 0 Å². The standard InChI is InChI=1S/C29H41N7O3/c37-28(25-8-4-18-36(25)20-26-30-15-5-16-31-26)34-24(29(38)39)13-19-35(23-11-12-23)17-2-1-7-22-10-9-21-6-3-14-32-27(21)33-22/h5,9-10,15-16,23-25H,1-4,6-8,11-14,17-20H2,(H,32,33)(H,34,37)(H,38,39). The average Bonchev–Trinajstić information content (AvgIpc) is 3.70. The van der Waals surface area contributed by atoms with Crippen molar-refractivity contribution in [3.05, 3.63) is 47.7 Å². The molecule has 1 amide bonds. The van der Waals surface area contributed by atoms with Crippen LogP contribution < -0.4 is 10.6 Å². The number of carboxylic acids is 1. The smallest absolute Gasteiger partial charge is 0.326 e. The highest BCUT2D eigenvalue weighted by Gasteiger charge is 2.34. The molecule has 10 nitrogen and oxygen atoms in total. The molecule has 0 radical (unpaired) electrons. The summed E-state index contributed by atoms with van der Waals surface area (Å²) in [5, 5.41) is 16.1. The molecule has 2 fully saturated rings. The number of aryl methyl sites for hydroxylation is 2. The van der Waals surface area contributed by atoms with Gasteiger partial charge in [-0.15, -0.1) is 0 Å². The number of hydrogen-bond acceptors (Lipinski definition) is 8. The quantitative estimate of drug-likeness (QED) is 0.313. The maximum Gasteiger partial charge on any atom is 0.326 e. The predicted octanol–water partition coefficient (Wildman–Crippen LogP) is 2.64. The van der Waals surface area contributed by atoms with Gasteiger partial charge in [0.05, 0.1) is 12.6 Å².